The molecule has 2 aromatic rings. The van der Waals surface area contributed by atoms with Gasteiger partial charge in [-0.15, -0.1) is 0 Å². The summed E-state index contributed by atoms with van der Waals surface area (Å²) in [5.74, 6) is -0.442. The lowest BCUT2D eigenvalue weighted by atomic mass is 10.1. The molecule has 0 unspecified atom stereocenters. The smallest absolute Gasteiger partial charge is 0.258 e. The predicted octanol–water partition coefficient (Wildman–Crippen LogP) is 3.38. The molecule has 0 aliphatic rings. The minimum Gasteiger partial charge on any atom is -0.399 e. The Morgan fingerprint density at radius 3 is 2.40 bits per heavy atom. The molecule has 0 aromatic heterocycles. The highest BCUT2D eigenvalue weighted by Crippen LogP contribution is 2.20. The van der Waals surface area contributed by atoms with Crippen molar-refractivity contribution >= 4 is 17.3 Å². The standard InChI is InChI=1S/C16H17FN2O/c1-3-19(14-7-5-13(17)6-8-14)16(20)12-4-9-15(18)11(2)10-12/h4-10H,3,18H2,1-2H3. The second kappa shape index (κ2) is 5.74. The maximum absolute atomic E-state index is 13.0. The van der Waals surface area contributed by atoms with E-state index in [0.717, 1.165) is 5.56 Å². The van der Waals surface area contributed by atoms with Crippen molar-refractivity contribution in [2.45, 2.75) is 13.8 Å². The van der Waals surface area contributed by atoms with E-state index in [1.165, 1.54) is 12.1 Å². The predicted molar refractivity (Wildman–Crippen MR) is 79.3 cm³/mol. The number of rotatable bonds is 3. The van der Waals surface area contributed by atoms with Crippen LogP contribution in [0.1, 0.15) is 22.8 Å². The van der Waals surface area contributed by atoms with Gasteiger partial charge in [0.15, 0.2) is 0 Å². The highest BCUT2D eigenvalue weighted by Gasteiger charge is 2.16. The quantitative estimate of drug-likeness (QED) is 0.871. The average Bonchev–Trinajstić information content (AvgIpc) is 2.44. The van der Waals surface area contributed by atoms with Gasteiger partial charge in [0.05, 0.1) is 0 Å². The highest BCUT2D eigenvalue weighted by molar-refractivity contribution is 6.06. The number of halogens is 1. The number of nitrogen functional groups attached to an aromatic ring is 1. The van der Waals surface area contributed by atoms with Gasteiger partial charge in [-0.25, -0.2) is 4.39 Å². The van der Waals surface area contributed by atoms with Crippen molar-refractivity contribution in [2.75, 3.05) is 17.2 Å². The minimum absolute atomic E-state index is 0.123. The number of nitrogens with zero attached hydrogens (tertiary/aromatic N) is 1. The van der Waals surface area contributed by atoms with Crippen LogP contribution in [0.3, 0.4) is 0 Å². The Labute approximate surface area is 117 Å². The first-order chi connectivity index (χ1) is 9.52. The van der Waals surface area contributed by atoms with E-state index in [1.807, 2.05) is 13.8 Å². The molecule has 0 bridgehead atoms. The fraction of sp³-hybridized carbons (Fsp3) is 0.188. The third kappa shape index (κ3) is 2.79. The summed E-state index contributed by atoms with van der Waals surface area (Å²) < 4.78 is 13.0. The van der Waals surface area contributed by atoms with Crippen molar-refractivity contribution in [1.29, 1.82) is 0 Å². The molecule has 0 saturated heterocycles. The van der Waals surface area contributed by atoms with Crippen LogP contribution in [0.15, 0.2) is 42.5 Å². The van der Waals surface area contributed by atoms with Gasteiger partial charge in [-0.05, 0) is 61.9 Å². The van der Waals surface area contributed by atoms with Crippen LogP contribution < -0.4 is 10.6 Å². The summed E-state index contributed by atoms with van der Waals surface area (Å²) >= 11 is 0. The molecule has 2 N–H and O–H groups in total. The van der Waals surface area contributed by atoms with Gasteiger partial charge in [0, 0.05) is 23.5 Å². The second-order valence-electron chi connectivity index (χ2n) is 4.60. The van der Waals surface area contributed by atoms with E-state index in [4.69, 9.17) is 5.73 Å². The zero-order chi connectivity index (χ0) is 14.7. The molecule has 0 radical (unpaired) electrons. The SMILES string of the molecule is CCN(C(=O)c1ccc(N)c(C)c1)c1ccc(F)cc1. The highest BCUT2D eigenvalue weighted by atomic mass is 19.1. The Morgan fingerprint density at radius 2 is 1.85 bits per heavy atom. The molecule has 0 aliphatic heterocycles. The molecule has 3 nitrogen and oxygen atoms in total. The van der Waals surface area contributed by atoms with Crippen LogP contribution in [-0.2, 0) is 0 Å². The molecule has 0 spiro atoms. The summed E-state index contributed by atoms with van der Waals surface area (Å²) in [4.78, 5) is 14.1. The van der Waals surface area contributed by atoms with Crippen molar-refractivity contribution in [1.82, 2.24) is 0 Å². The molecule has 2 aromatic carbocycles. The molecule has 104 valence electrons. The minimum atomic E-state index is -0.319. The zero-order valence-corrected chi connectivity index (χ0v) is 11.6. The van der Waals surface area contributed by atoms with Crippen LogP contribution in [-0.4, -0.2) is 12.5 Å². The van der Waals surface area contributed by atoms with Crippen LogP contribution in [0.25, 0.3) is 0 Å². The van der Waals surface area contributed by atoms with Crippen molar-refractivity contribution in [3.05, 3.63) is 59.4 Å². The Morgan fingerprint density at radius 1 is 1.20 bits per heavy atom. The Bertz CT molecular complexity index is 623. The first kappa shape index (κ1) is 14.1. The van der Waals surface area contributed by atoms with Gasteiger partial charge in [0.2, 0.25) is 0 Å². The Kier molecular flexibility index (Phi) is 4.03. The molecule has 1 amide bonds. The number of benzene rings is 2. The Balaban J connectivity index is 2.33. The molecule has 4 heteroatoms. The van der Waals surface area contributed by atoms with Crippen molar-refractivity contribution in [3.8, 4) is 0 Å². The number of amides is 1. The summed E-state index contributed by atoms with van der Waals surface area (Å²) in [5, 5.41) is 0. The third-order valence-corrected chi connectivity index (χ3v) is 3.22. The van der Waals surface area contributed by atoms with Crippen LogP contribution in [0.2, 0.25) is 0 Å². The topological polar surface area (TPSA) is 46.3 Å². The first-order valence-electron chi connectivity index (χ1n) is 6.46. The van der Waals surface area contributed by atoms with Gasteiger partial charge >= 0.3 is 0 Å². The largest absolute Gasteiger partial charge is 0.399 e. The lowest BCUT2D eigenvalue weighted by molar-refractivity contribution is 0.0988. The molecule has 20 heavy (non-hydrogen) atoms. The summed E-state index contributed by atoms with van der Waals surface area (Å²) in [5.41, 5.74) is 8.53. The number of hydrogen-bond donors (Lipinski definition) is 1. The molecule has 0 heterocycles. The Hall–Kier alpha value is -2.36. The summed E-state index contributed by atoms with van der Waals surface area (Å²) in [7, 11) is 0. The molecule has 0 atom stereocenters. The molecular formula is C16H17FN2O. The molecule has 0 aliphatic carbocycles. The zero-order valence-electron chi connectivity index (χ0n) is 11.6. The number of carbonyl (C=O) groups is 1. The number of nitrogens with two attached hydrogens (primary N) is 1. The normalized spacial score (nSPS) is 10.3. The van der Waals surface area contributed by atoms with Gasteiger partial charge in [0.25, 0.3) is 5.91 Å². The summed E-state index contributed by atoms with van der Waals surface area (Å²) in [6.07, 6.45) is 0. The van der Waals surface area contributed by atoms with E-state index < -0.39 is 0 Å². The van der Waals surface area contributed by atoms with Crippen molar-refractivity contribution in [2.24, 2.45) is 0 Å². The van der Waals surface area contributed by atoms with E-state index in [-0.39, 0.29) is 11.7 Å². The lowest BCUT2D eigenvalue weighted by Crippen LogP contribution is -2.30. The third-order valence-electron chi connectivity index (χ3n) is 3.22. The fourth-order valence-corrected chi connectivity index (χ4v) is 2.03. The number of carbonyl (C=O) groups excluding carboxylic acids is 1. The molecule has 0 fully saturated rings. The average molecular weight is 272 g/mol. The van der Waals surface area contributed by atoms with Gasteiger partial charge < -0.3 is 10.6 Å². The fourth-order valence-electron chi connectivity index (χ4n) is 2.03. The van der Waals surface area contributed by atoms with Gasteiger partial charge in [-0.1, -0.05) is 0 Å². The number of aryl methyl sites for hydroxylation is 1. The summed E-state index contributed by atoms with van der Waals surface area (Å²) in [6.45, 7) is 4.25. The van der Waals surface area contributed by atoms with E-state index in [0.29, 0.717) is 23.5 Å². The van der Waals surface area contributed by atoms with Crippen LogP contribution in [0, 0.1) is 12.7 Å². The van der Waals surface area contributed by atoms with Crippen molar-refractivity contribution in [3.63, 3.8) is 0 Å². The van der Waals surface area contributed by atoms with Gasteiger partial charge in [-0.2, -0.15) is 0 Å². The maximum Gasteiger partial charge on any atom is 0.258 e. The van der Waals surface area contributed by atoms with E-state index in [9.17, 15) is 9.18 Å². The maximum atomic E-state index is 13.0. The van der Waals surface area contributed by atoms with E-state index in [1.54, 1.807) is 35.2 Å². The summed E-state index contributed by atoms with van der Waals surface area (Å²) in [6, 6.07) is 11.1. The first-order valence-corrected chi connectivity index (χ1v) is 6.46. The monoisotopic (exact) mass is 272 g/mol. The van der Waals surface area contributed by atoms with E-state index in [2.05, 4.69) is 0 Å². The van der Waals surface area contributed by atoms with Gasteiger partial charge in [-0.3, -0.25) is 4.79 Å². The molecule has 0 saturated carbocycles. The van der Waals surface area contributed by atoms with Crippen LogP contribution in [0.5, 0.6) is 0 Å². The van der Waals surface area contributed by atoms with Crippen LogP contribution in [0.4, 0.5) is 15.8 Å². The van der Waals surface area contributed by atoms with Gasteiger partial charge in [0.1, 0.15) is 5.82 Å². The van der Waals surface area contributed by atoms with E-state index >= 15 is 0 Å². The molecular weight excluding hydrogens is 255 g/mol. The second-order valence-corrected chi connectivity index (χ2v) is 4.60. The lowest BCUT2D eigenvalue weighted by Gasteiger charge is -2.21. The van der Waals surface area contributed by atoms with Crippen molar-refractivity contribution < 1.29 is 9.18 Å². The van der Waals surface area contributed by atoms with Crippen LogP contribution >= 0.6 is 0 Å². The number of hydrogen-bond acceptors (Lipinski definition) is 2. The molecule has 2 rings (SSSR count). The number of anilines is 2.